The normalized spacial score (nSPS) is 10.7. The number of rotatable bonds is 4. The highest BCUT2D eigenvalue weighted by Gasteiger charge is 2.04. The second-order valence-corrected chi connectivity index (χ2v) is 5.01. The van der Waals surface area contributed by atoms with E-state index in [-0.39, 0.29) is 0 Å². The van der Waals surface area contributed by atoms with Crippen LogP contribution in [0.25, 0.3) is 16.8 Å². The number of pyridine rings is 2. The van der Waals surface area contributed by atoms with Gasteiger partial charge < -0.3 is 4.90 Å². The summed E-state index contributed by atoms with van der Waals surface area (Å²) < 4.78 is 0. The third-order valence-electron chi connectivity index (χ3n) is 2.78. The van der Waals surface area contributed by atoms with Crippen molar-refractivity contribution in [1.82, 2.24) is 14.9 Å². The zero-order valence-corrected chi connectivity index (χ0v) is 11.7. The average Bonchev–Trinajstić information content (AvgIpc) is 2.38. The van der Waals surface area contributed by atoms with Crippen molar-refractivity contribution < 1.29 is 0 Å². The van der Waals surface area contributed by atoms with Crippen molar-refractivity contribution >= 4 is 5.57 Å². The average molecular weight is 253 g/mol. The van der Waals surface area contributed by atoms with E-state index in [0.717, 1.165) is 29.1 Å². The molecule has 0 aromatic carbocycles. The van der Waals surface area contributed by atoms with E-state index in [1.54, 1.807) is 0 Å². The topological polar surface area (TPSA) is 29.0 Å². The van der Waals surface area contributed by atoms with E-state index in [2.05, 4.69) is 27.5 Å². The molecule has 19 heavy (non-hydrogen) atoms. The summed E-state index contributed by atoms with van der Waals surface area (Å²) in [6.07, 6.45) is 3.75. The van der Waals surface area contributed by atoms with E-state index >= 15 is 0 Å². The van der Waals surface area contributed by atoms with Gasteiger partial charge in [0.05, 0.1) is 11.4 Å². The van der Waals surface area contributed by atoms with Gasteiger partial charge in [-0.3, -0.25) is 4.98 Å². The quantitative estimate of drug-likeness (QED) is 0.837. The number of nitrogens with zero attached hydrogens (tertiary/aromatic N) is 3. The molecule has 0 spiro atoms. The number of aromatic nitrogens is 2. The van der Waals surface area contributed by atoms with E-state index in [1.165, 1.54) is 5.56 Å². The van der Waals surface area contributed by atoms with Crippen LogP contribution in [0.4, 0.5) is 0 Å². The fourth-order valence-electron chi connectivity index (χ4n) is 1.91. The Hall–Kier alpha value is -2.00. The lowest BCUT2D eigenvalue weighted by molar-refractivity contribution is 0.402. The molecule has 3 nitrogen and oxygen atoms in total. The fraction of sp³-hybridized carbons (Fsp3) is 0.250. The van der Waals surface area contributed by atoms with Crippen LogP contribution in [0.2, 0.25) is 0 Å². The lowest BCUT2D eigenvalue weighted by Gasteiger charge is -2.10. The van der Waals surface area contributed by atoms with Crippen molar-refractivity contribution in [3.8, 4) is 11.3 Å². The largest absolute Gasteiger partial charge is 0.305 e. The van der Waals surface area contributed by atoms with Gasteiger partial charge in [0.1, 0.15) is 0 Å². The first-order chi connectivity index (χ1) is 9.06. The molecule has 0 aliphatic carbocycles. The lowest BCUT2D eigenvalue weighted by Crippen LogP contribution is -2.10. The van der Waals surface area contributed by atoms with Gasteiger partial charge >= 0.3 is 0 Å². The van der Waals surface area contributed by atoms with Crippen LogP contribution in [-0.2, 0) is 6.54 Å². The Bertz CT molecular complexity index is 588. The molecule has 0 fully saturated rings. The van der Waals surface area contributed by atoms with Crippen molar-refractivity contribution in [2.75, 3.05) is 14.1 Å². The van der Waals surface area contributed by atoms with Crippen LogP contribution in [0.15, 0.2) is 43.2 Å². The molecule has 3 heteroatoms. The Morgan fingerprint density at radius 1 is 1.26 bits per heavy atom. The Morgan fingerprint density at radius 2 is 2.05 bits per heavy atom. The Labute approximate surface area is 114 Å². The maximum absolute atomic E-state index is 4.61. The summed E-state index contributed by atoms with van der Waals surface area (Å²) in [4.78, 5) is 11.0. The first kappa shape index (κ1) is 13.4. The van der Waals surface area contributed by atoms with Gasteiger partial charge in [-0.15, -0.1) is 0 Å². The van der Waals surface area contributed by atoms with Crippen LogP contribution in [-0.4, -0.2) is 29.0 Å². The zero-order valence-electron chi connectivity index (χ0n) is 11.7. The standard InChI is InChI=1S/C16H19N3/c1-12(2)15-6-5-7-16(18-15)14-8-13(9-17-10-14)11-19(3)4/h5-10H,1,11H2,2-4H3. The Balaban J connectivity index is 2.36. The molecule has 2 rings (SSSR count). The molecule has 0 N–H and O–H groups in total. The van der Waals surface area contributed by atoms with Crippen LogP contribution in [0.5, 0.6) is 0 Å². The molecular weight excluding hydrogens is 234 g/mol. The van der Waals surface area contributed by atoms with Gasteiger partial charge in [-0.1, -0.05) is 12.6 Å². The second-order valence-electron chi connectivity index (χ2n) is 5.01. The molecule has 0 unspecified atom stereocenters. The molecular formula is C16H19N3. The lowest BCUT2D eigenvalue weighted by atomic mass is 10.1. The first-order valence-electron chi connectivity index (χ1n) is 6.28. The van der Waals surface area contributed by atoms with Crippen molar-refractivity contribution in [3.05, 3.63) is 54.5 Å². The minimum absolute atomic E-state index is 0.876. The molecule has 0 saturated carbocycles. The van der Waals surface area contributed by atoms with E-state index in [4.69, 9.17) is 0 Å². The number of hydrogen-bond donors (Lipinski definition) is 0. The smallest absolute Gasteiger partial charge is 0.0724 e. The molecule has 0 radical (unpaired) electrons. The summed E-state index contributed by atoms with van der Waals surface area (Å²) in [6, 6.07) is 8.12. The molecule has 0 atom stereocenters. The summed E-state index contributed by atoms with van der Waals surface area (Å²) in [5.74, 6) is 0. The van der Waals surface area contributed by atoms with Gasteiger partial charge in [-0.2, -0.15) is 0 Å². The van der Waals surface area contributed by atoms with E-state index in [1.807, 2.05) is 51.6 Å². The van der Waals surface area contributed by atoms with E-state index in [0.29, 0.717) is 0 Å². The number of hydrogen-bond acceptors (Lipinski definition) is 3. The minimum atomic E-state index is 0.876. The highest BCUT2D eigenvalue weighted by Crippen LogP contribution is 2.20. The summed E-state index contributed by atoms with van der Waals surface area (Å²) in [5.41, 5.74) is 5.07. The summed E-state index contributed by atoms with van der Waals surface area (Å²) in [6.45, 7) is 6.77. The van der Waals surface area contributed by atoms with Crippen LogP contribution >= 0.6 is 0 Å². The summed E-state index contributed by atoms with van der Waals surface area (Å²) >= 11 is 0. The molecule has 2 aromatic rings. The molecule has 2 heterocycles. The van der Waals surface area contributed by atoms with Crippen LogP contribution < -0.4 is 0 Å². The molecule has 0 aliphatic rings. The van der Waals surface area contributed by atoms with Gasteiger partial charge in [0.15, 0.2) is 0 Å². The third-order valence-corrected chi connectivity index (χ3v) is 2.78. The maximum atomic E-state index is 4.61. The monoisotopic (exact) mass is 253 g/mol. The predicted molar refractivity (Wildman–Crippen MR) is 79.6 cm³/mol. The van der Waals surface area contributed by atoms with E-state index in [9.17, 15) is 0 Å². The van der Waals surface area contributed by atoms with Gasteiger partial charge in [0, 0.05) is 24.5 Å². The zero-order chi connectivity index (χ0) is 13.8. The molecule has 0 saturated heterocycles. The molecule has 0 bridgehead atoms. The highest BCUT2D eigenvalue weighted by molar-refractivity contribution is 5.64. The number of allylic oxidation sites excluding steroid dienone is 1. The van der Waals surface area contributed by atoms with E-state index < -0.39 is 0 Å². The molecule has 98 valence electrons. The summed E-state index contributed by atoms with van der Waals surface area (Å²) in [7, 11) is 4.10. The van der Waals surface area contributed by atoms with Gasteiger partial charge in [-0.05, 0) is 50.4 Å². The Kier molecular flexibility index (Phi) is 4.07. The molecule has 2 aromatic heterocycles. The van der Waals surface area contributed by atoms with Crippen LogP contribution in [0.1, 0.15) is 18.2 Å². The van der Waals surface area contributed by atoms with Gasteiger partial charge in [-0.25, -0.2) is 4.98 Å². The van der Waals surface area contributed by atoms with Crippen LogP contribution in [0, 0.1) is 0 Å². The second kappa shape index (κ2) is 5.76. The maximum Gasteiger partial charge on any atom is 0.0724 e. The first-order valence-corrected chi connectivity index (χ1v) is 6.28. The molecule has 0 aliphatic heterocycles. The summed E-state index contributed by atoms with van der Waals surface area (Å²) in [5, 5.41) is 0. The van der Waals surface area contributed by atoms with Crippen LogP contribution in [0.3, 0.4) is 0 Å². The van der Waals surface area contributed by atoms with Gasteiger partial charge in [0.25, 0.3) is 0 Å². The fourth-order valence-corrected chi connectivity index (χ4v) is 1.91. The SMILES string of the molecule is C=C(C)c1cccc(-c2cncc(CN(C)C)c2)n1. The highest BCUT2D eigenvalue weighted by atomic mass is 15.0. The minimum Gasteiger partial charge on any atom is -0.305 e. The van der Waals surface area contributed by atoms with Crippen molar-refractivity contribution in [3.63, 3.8) is 0 Å². The van der Waals surface area contributed by atoms with Crippen molar-refractivity contribution in [2.24, 2.45) is 0 Å². The molecule has 0 amide bonds. The van der Waals surface area contributed by atoms with Crippen molar-refractivity contribution in [1.29, 1.82) is 0 Å². The van der Waals surface area contributed by atoms with Crippen molar-refractivity contribution in [2.45, 2.75) is 13.5 Å². The predicted octanol–water partition coefficient (Wildman–Crippen LogP) is 3.24. The Morgan fingerprint density at radius 3 is 2.74 bits per heavy atom. The van der Waals surface area contributed by atoms with Gasteiger partial charge in [0.2, 0.25) is 0 Å². The third kappa shape index (κ3) is 3.48.